The van der Waals surface area contributed by atoms with Gasteiger partial charge in [-0.3, -0.25) is 4.68 Å². The summed E-state index contributed by atoms with van der Waals surface area (Å²) in [4.78, 5) is 0. The summed E-state index contributed by atoms with van der Waals surface area (Å²) < 4.78 is 1.94. The fraction of sp³-hybridized carbons (Fsp3) is 0.462. The quantitative estimate of drug-likeness (QED) is 0.834. The summed E-state index contributed by atoms with van der Waals surface area (Å²) in [7, 11) is 1.99. The maximum atomic E-state index is 4.43. The molecule has 1 fully saturated rings. The first-order valence-electron chi connectivity index (χ1n) is 5.94. The van der Waals surface area contributed by atoms with E-state index in [4.69, 9.17) is 0 Å². The Morgan fingerprint density at radius 1 is 1.38 bits per heavy atom. The monoisotopic (exact) mass is 215 g/mol. The predicted molar refractivity (Wildman–Crippen MR) is 66.7 cm³/mol. The van der Waals surface area contributed by atoms with Crippen LogP contribution in [-0.2, 0) is 7.05 Å². The van der Waals surface area contributed by atoms with Crippen LogP contribution in [0.3, 0.4) is 0 Å². The molecule has 0 bridgehead atoms. The number of hydrogen-bond donors (Lipinski definition) is 1. The molecule has 1 aliphatic carbocycles. The highest BCUT2D eigenvalue weighted by Gasteiger charge is 2.17. The zero-order valence-electron chi connectivity index (χ0n) is 9.83. The third-order valence-electron chi connectivity index (χ3n) is 3.51. The van der Waals surface area contributed by atoms with Gasteiger partial charge in [0.1, 0.15) is 0 Å². The van der Waals surface area contributed by atoms with E-state index < -0.39 is 0 Å². The standard InChI is InChI=1S/C13H17N3/c1-9-12-8-11(14-10-4-3-5-10)6-7-13(12)16(2)15-9/h6-8,10,14H,3-5H2,1-2H3. The second-order valence-corrected chi connectivity index (χ2v) is 4.71. The first-order chi connectivity index (χ1) is 7.74. The first-order valence-corrected chi connectivity index (χ1v) is 5.94. The minimum Gasteiger partial charge on any atom is -0.382 e. The Bertz CT molecular complexity index is 523. The summed E-state index contributed by atoms with van der Waals surface area (Å²) in [6, 6.07) is 7.21. The Morgan fingerprint density at radius 2 is 2.19 bits per heavy atom. The van der Waals surface area contributed by atoms with Gasteiger partial charge in [-0.05, 0) is 44.4 Å². The molecule has 16 heavy (non-hydrogen) atoms. The van der Waals surface area contributed by atoms with Gasteiger partial charge in [0, 0.05) is 24.2 Å². The van der Waals surface area contributed by atoms with Gasteiger partial charge in [0.05, 0.1) is 11.2 Å². The summed E-state index contributed by atoms with van der Waals surface area (Å²) in [5, 5.41) is 9.26. The lowest BCUT2D eigenvalue weighted by Crippen LogP contribution is -2.26. The Kier molecular flexibility index (Phi) is 2.13. The van der Waals surface area contributed by atoms with Crippen molar-refractivity contribution in [2.45, 2.75) is 32.2 Å². The molecule has 3 heteroatoms. The highest BCUT2D eigenvalue weighted by molar-refractivity contribution is 5.85. The number of nitrogens with zero attached hydrogens (tertiary/aromatic N) is 2. The van der Waals surface area contributed by atoms with Crippen molar-refractivity contribution in [3.63, 3.8) is 0 Å². The summed E-state index contributed by atoms with van der Waals surface area (Å²) in [5.74, 6) is 0. The van der Waals surface area contributed by atoms with Crippen LogP contribution in [0.2, 0.25) is 0 Å². The molecule has 0 amide bonds. The molecule has 0 spiro atoms. The van der Waals surface area contributed by atoms with Gasteiger partial charge in [0.15, 0.2) is 0 Å². The molecular formula is C13H17N3. The third-order valence-corrected chi connectivity index (χ3v) is 3.51. The maximum Gasteiger partial charge on any atom is 0.0683 e. The zero-order chi connectivity index (χ0) is 11.1. The molecule has 0 saturated heterocycles. The number of anilines is 1. The van der Waals surface area contributed by atoms with E-state index in [-0.39, 0.29) is 0 Å². The van der Waals surface area contributed by atoms with Gasteiger partial charge in [0.2, 0.25) is 0 Å². The Balaban J connectivity index is 1.97. The van der Waals surface area contributed by atoms with Gasteiger partial charge < -0.3 is 5.32 Å². The van der Waals surface area contributed by atoms with E-state index in [2.05, 4.69) is 35.5 Å². The molecule has 1 aromatic carbocycles. The highest BCUT2D eigenvalue weighted by Crippen LogP contribution is 2.26. The second kappa shape index (κ2) is 3.51. The lowest BCUT2D eigenvalue weighted by molar-refractivity contribution is 0.445. The van der Waals surface area contributed by atoms with Crippen LogP contribution in [0.5, 0.6) is 0 Å². The Hall–Kier alpha value is -1.51. The predicted octanol–water partition coefficient (Wildman–Crippen LogP) is 2.85. The molecule has 1 N–H and O–H groups in total. The van der Waals surface area contributed by atoms with Gasteiger partial charge >= 0.3 is 0 Å². The lowest BCUT2D eigenvalue weighted by atomic mass is 9.93. The van der Waals surface area contributed by atoms with Crippen molar-refractivity contribution in [2.24, 2.45) is 7.05 Å². The number of fused-ring (bicyclic) bond motifs is 1. The minimum atomic E-state index is 0.689. The zero-order valence-corrected chi connectivity index (χ0v) is 9.83. The number of hydrogen-bond acceptors (Lipinski definition) is 2. The highest BCUT2D eigenvalue weighted by atomic mass is 15.3. The fourth-order valence-corrected chi connectivity index (χ4v) is 2.32. The fourth-order valence-electron chi connectivity index (χ4n) is 2.32. The molecule has 3 rings (SSSR count). The number of nitrogens with one attached hydrogen (secondary N) is 1. The first kappa shape index (κ1) is 9.70. The molecule has 1 aliphatic rings. The van der Waals surface area contributed by atoms with Crippen molar-refractivity contribution < 1.29 is 0 Å². The number of aryl methyl sites for hydroxylation is 2. The molecule has 2 aromatic rings. The van der Waals surface area contributed by atoms with Crippen molar-refractivity contribution in [1.29, 1.82) is 0 Å². The van der Waals surface area contributed by atoms with E-state index >= 15 is 0 Å². The van der Waals surface area contributed by atoms with Crippen molar-refractivity contribution in [3.8, 4) is 0 Å². The molecular weight excluding hydrogens is 198 g/mol. The lowest BCUT2D eigenvalue weighted by Gasteiger charge is -2.27. The third kappa shape index (κ3) is 1.47. The maximum absolute atomic E-state index is 4.43. The summed E-state index contributed by atoms with van der Waals surface area (Å²) >= 11 is 0. The van der Waals surface area contributed by atoms with Crippen molar-refractivity contribution in [1.82, 2.24) is 9.78 Å². The topological polar surface area (TPSA) is 29.9 Å². The number of aromatic nitrogens is 2. The second-order valence-electron chi connectivity index (χ2n) is 4.71. The molecule has 0 radical (unpaired) electrons. The SMILES string of the molecule is Cc1nn(C)c2ccc(NC3CCC3)cc12. The van der Waals surface area contributed by atoms with Crippen LogP contribution >= 0.6 is 0 Å². The van der Waals surface area contributed by atoms with Gasteiger partial charge in [-0.1, -0.05) is 0 Å². The molecule has 1 aromatic heterocycles. The van der Waals surface area contributed by atoms with Gasteiger partial charge in [-0.15, -0.1) is 0 Å². The molecule has 84 valence electrons. The van der Waals surface area contributed by atoms with Gasteiger partial charge in [-0.25, -0.2) is 0 Å². The average Bonchev–Trinajstić information content (AvgIpc) is 2.49. The van der Waals surface area contributed by atoms with Gasteiger partial charge in [-0.2, -0.15) is 5.10 Å². The van der Waals surface area contributed by atoms with Crippen molar-refractivity contribution in [2.75, 3.05) is 5.32 Å². The molecule has 0 atom stereocenters. The summed E-state index contributed by atoms with van der Waals surface area (Å²) in [6.07, 6.45) is 3.99. The van der Waals surface area contributed by atoms with Crippen LogP contribution in [0.4, 0.5) is 5.69 Å². The van der Waals surface area contributed by atoms with Crippen molar-refractivity contribution in [3.05, 3.63) is 23.9 Å². The van der Waals surface area contributed by atoms with E-state index in [1.54, 1.807) is 0 Å². The molecule has 0 unspecified atom stereocenters. The van der Waals surface area contributed by atoms with E-state index in [9.17, 15) is 0 Å². The largest absolute Gasteiger partial charge is 0.382 e. The average molecular weight is 215 g/mol. The normalized spacial score (nSPS) is 16.4. The summed E-state index contributed by atoms with van der Waals surface area (Å²) in [5.41, 5.74) is 3.54. The molecule has 3 nitrogen and oxygen atoms in total. The number of rotatable bonds is 2. The molecule has 1 heterocycles. The molecule has 1 saturated carbocycles. The Morgan fingerprint density at radius 3 is 2.88 bits per heavy atom. The minimum absolute atomic E-state index is 0.689. The van der Waals surface area contributed by atoms with E-state index in [1.165, 1.54) is 35.9 Å². The van der Waals surface area contributed by atoms with E-state index in [0.717, 1.165) is 5.69 Å². The van der Waals surface area contributed by atoms with E-state index in [1.807, 2.05) is 11.7 Å². The van der Waals surface area contributed by atoms with Crippen LogP contribution in [-0.4, -0.2) is 15.8 Å². The van der Waals surface area contributed by atoms with Crippen LogP contribution in [0.1, 0.15) is 25.0 Å². The smallest absolute Gasteiger partial charge is 0.0683 e. The molecule has 0 aliphatic heterocycles. The van der Waals surface area contributed by atoms with Crippen LogP contribution in [0.25, 0.3) is 10.9 Å². The van der Waals surface area contributed by atoms with E-state index in [0.29, 0.717) is 6.04 Å². The van der Waals surface area contributed by atoms with Crippen molar-refractivity contribution >= 4 is 16.6 Å². The van der Waals surface area contributed by atoms with Crippen LogP contribution in [0.15, 0.2) is 18.2 Å². The number of benzene rings is 1. The van der Waals surface area contributed by atoms with Crippen LogP contribution in [0, 0.1) is 6.92 Å². The van der Waals surface area contributed by atoms with Crippen LogP contribution < -0.4 is 5.32 Å². The Labute approximate surface area is 95.5 Å². The summed E-state index contributed by atoms with van der Waals surface area (Å²) in [6.45, 7) is 2.06. The van der Waals surface area contributed by atoms with Gasteiger partial charge in [0.25, 0.3) is 0 Å².